The van der Waals surface area contributed by atoms with Crippen molar-refractivity contribution in [1.82, 2.24) is 20.5 Å². The number of hydrogen-bond donors (Lipinski definition) is 3. The molecule has 0 aliphatic carbocycles. The summed E-state index contributed by atoms with van der Waals surface area (Å²) in [7, 11) is -3.19. The molecule has 0 spiro atoms. The second-order valence-corrected chi connectivity index (χ2v) is 7.80. The van der Waals surface area contributed by atoms with Crippen LogP contribution in [0.4, 0.5) is 4.79 Å². The summed E-state index contributed by atoms with van der Waals surface area (Å²) >= 11 is 0. The van der Waals surface area contributed by atoms with Gasteiger partial charge in [-0.3, -0.25) is 10.2 Å². The molecular formula is C14H22N4O5S. The second kappa shape index (κ2) is 7.22. The molecule has 0 bridgehead atoms. The van der Waals surface area contributed by atoms with Crippen molar-refractivity contribution in [2.75, 3.05) is 19.3 Å². The molecule has 1 aromatic heterocycles. The molecule has 0 aromatic carbocycles. The Labute approximate surface area is 140 Å². The van der Waals surface area contributed by atoms with Crippen molar-refractivity contribution in [3.05, 3.63) is 23.2 Å². The fourth-order valence-electron chi connectivity index (χ4n) is 2.59. The van der Waals surface area contributed by atoms with Gasteiger partial charge >= 0.3 is 6.03 Å². The fraction of sp³-hybridized carbons (Fsp3) is 0.571. The first-order valence-electron chi connectivity index (χ1n) is 7.56. The van der Waals surface area contributed by atoms with Crippen LogP contribution in [0.1, 0.15) is 34.7 Å². The Morgan fingerprint density at radius 2 is 1.83 bits per heavy atom. The molecule has 134 valence electrons. The third kappa shape index (κ3) is 4.71. The number of sulfonamides is 1. The first kappa shape index (κ1) is 18.3. The number of urea groups is 1. The van der Waals surface area contributed by atoms with Crippen LogP contribution >= 0.6 is 0 Å². The van der Waals surface area contributed by atoms with Crippen molar-refractivity contribution in [2.45, 2.75) is 32.7 Å². The predicted octanol–water partition coefficient (Wildman–Crippen LogP) is 0.264. The van der Waals surface area contributed by atoms with E-state index in [-0.39, 0.29) is 6.04 Å². The number of furan rings is 1. The number of piperidine rings is 1. The minimum absolute atomic E-state index is 0.141. The van der Waals surface area contributed by atoms with Crippen LogP contribution in [0.25, 0.3) is 0 Å². The van der Waals surface area contributed by atoms with E-state index in [4.69, 9.17) is 4.42 Å². The molecule has 2 rings (SSSR count). The summed E-state index contributed by atoms with van der Waals surface area (Å²) in [6.07, 6.45) is 2.21. The van der Waals surface area contributed by atoms with E-state index in [1.807, 2.05) is 0 Å². The molecule has 0 atom stereocenters. The van der Waals surface area contributed by atoms with E-state index < -0.39 is 22.0 Å². The molecule has 1 aliphatic heterocycles. The highest BCUT2D eigenvalue weighted by Gasteiger charge is 2.25. The third-order valence-electron chi connectivity index (χ3n) is 3.83. The van der Waals surface area contributed by atoms with Crippen LogP contribution in [0.2, 0.25) is 0 Å². The Morgan fingerprint density at radius 3 is 2.33 bits per heavy atom. The van der Waals surface area contributed by atoms with Gasteiger partial charge in [0.15, 0.2) is 0 Å². The Bertz CT molecular complexity index is 720. The number of hydrogen-bond acceptors (Lipinski definition) is 5. The fourth-order valence-corrected chi connectivity index (χ4v) is 3.46. The lowest BCUT2D eigenvalue weighted by molar-refractivity contribution is 0.0934. The van der Waals surface area contributed by atoms with Gasteiger partial charge < -0.3 is 9.73 Å². The van der Waals surface area contributed by atoms with Gasteiger partial charge in [-0.25, -0.2) is 22.9 Å². The summed E-state index contributed by atoms with van der Waals surface area (Å²) in [6, 6.07) is 0.905. The largest absolute Gasteiger partial charge is 0.466 e. The van der Waals surface area contributed by atoms with E-state index in [1.165, 1.54) is 10.6 Å². The average Bonchev–Trinajstić information content (AvgIpc) is 2.83. The summed E-state index contributed by atoms with van der Waals surface area (Å²) in [5.41, 5.74) is 4.95. The first-order valence-corrected chi connectivity index (χ1v) is 9.40. The van der Waals surface area contributed by atoms with Crippen LogP contribution in [-0.2, 0) is 10.0 Å². The lowest BCUT2D eigenvalue weighted by Gasteiger charge is -2.30. The molecule has 0 unspecified atom stereocenters. The minimum Gasteiger partial charge on any atom is -0.466 e. The number of amides is 3. The second-order valence-electron chi connectivity index (χ2n) is 5.82. The average molecular weight is 358 g/mol. The zero-order valence-electron chi connectivity index (χ0n) is 13.9. The molecule has 1 aliphatic rings. The van der Waals surface area contributed by atoms with Gasteiger partial charge in [-0.05, 0) is 32.8 Å². The Hall–Kier alpha value is -2.07. The van der Waals surface area contributed by atoms with E-state index in [0.29, 0.717) is 43.0 Å². The summed E-state index contributed by atoms with van der Waals surface area (Å²) in [4.78, 5) is 23.8. The number of nitrogens with zero attached hydrogens (tertiary/aromatic N) is 1. The zero-order valence-corrected chi connectivity index (χ0v) is 14.7. The van der Waals surface area contributed by atoms with Crippen LogP contribution in [0, 0.1) is 13.8 Å². The molecule has 1 fully saturated rings. The summed E-state index contributed by atoms with van der Waals surface area (Å²) in [5.74, 6) is 0.617. The van der Waals surface area contributed by atoms with Crippen LogP contribution in [0.15, 0.2) is 10.5 Å². The molecule has 3 N–H and O–H groups in total. The number of hydrazine groups is 1. The van der Waals surface area contributed by atoms with E-state index in [9.17, 15) is 18.0 Å². The lowest BCUT2D eigenvalue weighted by atomic mass is 10.1. The van der Waals surface area contributed by atoms with Gasteiger partial charge in [0.05, 0.1) is 11.8 Å². The zero-order chi connectivity index (χ0) is 17.9. The van der Waals surface area contributed by atoms with Crippen LogP contribution in [-0.4, -0.2) is 50.0 Å². The molecule has 1 saturated heterocycles. The number of nitrogens with one attached hydrogen (secondary N) is 3. The maximum Gasteiger partial charge on any atom is 0.333 e. The van der Waals surface area contributed by atoms with Gasteiger partial charge in [0.25, 0.3) is 5.91 Å². The van der Waals surface area contributed by atoms with Crippen molar-refractivity contribution >= 4 is 22.0 Å². The lowest BCUT2D eigenvalue weighted by Crippen LogP contribution is -2.52. The van der Waals surface area contributed by atoms with Crippen LogP contribution < -0.4 is 16.2 Å². The first-order chi connectivity index (χ1) is 11.2. The van der Waals surface area contributed by atoms with Gasteiger partial charge in [-0.15, -0.1) is 0 Å². The summed E-state index contributed by atoms with van der Waals surface area (Å²) in [6.45, 7) is 4.12. The normalized spacial score (nSPS) is 16.6. The summed E-state index contributed by atoms with van der Waals surface area (Å²) in [5, 5.41) is 2.71. The molecule has 1 aromatic rings. The van der Waals surface area contributed by atoms with Gasteiger partial charge in [-0.2, -0.15) is 0 Å². The molecule has 0 radical (unpaired) electrons. The Kier molecular flexibility index (Phi) is 5.50. The molecule has 10 heteroatoms. The number of aryl methyl sites for hydroxylation is 2. The monoisotopic (exact) mass is 358 g/mol. The Morgan fingerprint density at radius 1 is 1.21 bits per heavy atom. The van der Waals surface area contributed by atoms with Crippen molar-refractivity contribution in [3.8, 4) is 0 Å². The highest BCUT2D eigenvalue weighted by atomic mass is 32.2. The summed E-state index contributed by atoms with van der Waals surface area (Å²) < 4.78 is 29.5. The number of rotatable bonds is 3. The number of carbonyl (C=O) groups excluding carboxylic acids is 2. The third-order valence-corrected chi connectivity index (χ3v) is 5.14. The van der Waals surface area contributed by atoms with E-state index in [1.54, 1.807) is 19.9 Å². The van der Waals surface area contributed by atoms with Crippen molar-refractivity contribution < 1.29 is 22.4 Å². The SMILES string of the molecule is Cc1cc(C(=O)NNC(=O)NC2CCN(S(C)(=O)=O)CC2)c(C)o1. The van der Waals surface area contributed by atoms with Crippen LogP contribution in [0.5, 0.6) is 0 Å². The Balaban J connectivity index is 1.76. The van der Waals surface area contributed by atoms with Crippen molar-refractivity contribution in [1.29, 1.82) is 0 Å². The van der Waals surface area contributed by atoms with Gasteiger partial charge in [0.1, 0.15) is 11.5 Å². The number of carbonyl (C=O) groups is 2. The highest BCUT2D eigenvalue weighted by Crippen LogP contribution is 2.14. The minimum atomic E-state index is -3.19. The maximum absolute atomic E-state index is 11.9. The van der Waals surface area contributed by atoms with E-state index >= 15 is 0 Å². The smallest absolute Gasteiger partial charge is 0.333 e. The predicted molar refractivity (Wildman–Crippen MR) is 86.8 cm³/mol. The molecule has 0 saturated carbocycles. The van der Waals surface area contributed by atoms with E-state index in [2.05, 4.69) is 16.2 Å². The standard InChI is InChI=1S/C14H22N4O5S/c1-9-8-12(10(2)23-9)13(19)16-17-14(20)15-11-4-6-18(7-5-11)24(3,21)22/h8,11H,4-7H2,1-3H3,(H,16,19)(H2,15,17,20). The molecule has 9 nitrogen and oxygen atoms in total. The molecular weight excluding hydrogens is 336 g/mol. The topological polar surface area (TPSA) is 121 Å². The highest BCUT2D eigenvalue weighted by molar-refractivity contribution is 7.88. The molecule has 3 amide bonds. The maximum atomic E-state index is 11.9. The molecule has 24 heavy (non-hydrogen) atoms. The molecule has 2 heterocycles. The van der Waals surface area contributed by atoms with Gasteiger partial charge in [0, 0.05) is 19.1 Å². The quantitative estimate of drug-likeness (QED) is 0.670. The van der Waals surface area contributed by atoms with E-state index in [0.717, 1.165) is 0 Å². The van der Waals surface area contributed by atoms with Crippen LogP contribution in [0.3, 0.4) is 0 Å². The van der Waals surface area contributed by atoms with Gasteiger partial charge in [-0.1, -0.05) is 0 Å². The van der Waals surface area contributed by atoms with Crippen molar-refractivity contribution in [3.63, 3.8) is 0 Å². The van der Waals surface area contributed by atoms with Crippen molar-refractivity contribution in [2.24, 2.45) is 0 Å². The van der Waals surface area contributed by atoms with Gasteiger partial charge in [0.2, 0.25) is 10.0 Å².